The summed E-state index contributed by atoms with van der Waals surface area (Å²) in [5, 5.41) is 19.1. The normalized spacial score (nSPS) is 10.8. The standard InChI is InChI=1S/C10H11ClN4.C9H6F3N3O/c1-8(14-7-12)15(2)6-9-3-4-10(11)13-5-9;10-9(11,12)7-1-3-14-5-6(7)8(16)15-4-2-13/h3-5H,6H2,1-2H3;1,3,5H,4H2,(H,15,16). The summed E-state index contributed by atoms with van der Waals surface area (Å²) in [5.74, 6) is -0.297. The summed E-state index contributed by atoms with van der Waals surface area (Å²) in [6, 6.07) is 5.93. The fraction of sp³-hybridized carbons (Fsp3) is 0.263. The summed E-state index contributed by atoms with van der Waals surface area (Å²) in [5.41, 5.74) is -0.641. The van der Waals surface area contributed by atoms with Crippen molar-refractivity contribution >= 4 is 23.3 Å². The van der Waals surface area contributed by atoms with Crippen molar-refractivity contribution in [3.8, 4) is 12.3 Å². The van der Waals surface area contributed by atoms with E-state index in [2.05, 4.69) is 15.0 Å². The molecular weight excluding hydrogens is 435 g/mol. The van der Waals surface area contributed by atoms with Crippen molar-refractivity contribution in [2.75, 3.05) is 13.6 Å². The number of carbonyl (C=O) groups excluding carboxylic acids is 1. The lowest BCUT2D eigenvalue weighted by Crippen LogP contribution is -2.26. The van der Waals surface area contributed by atoms with Crippen molar-refractivity contribution in [1.29, 1.82) is 10.5 Å². The van der Waals surface area contributed by atoms with Crippen molar-refractivity contribution in [1.82, 2.24) is 20.2 Å². The lowest BCUT2D eigenvalue weighted by molar-refractivity contribution is -0.138. The molecule has 2 heterocycles. The maximum atomic E-state index is 12.5. The Kier molecular flexibility index (Phi) is 9.89. The highest BCUT2D eigenvalue weighted by molar-refractivity contribution is 6.29. The molecule has 0 aliphatic heterocycles. The second-order valence-electron chi connectivity index (χ2n) is 5.86. The van der Waals surface area contributed by atoms with Crippen LogP contribution in [-0.4, -0.2) is 40.2 Å². The van der Waals surface area contributed by atoms with E-state index < -0.39 is 23.2 Å². The first kappa shape index (κ1) is 25.3. The van der Waals surface area contributed by atoms with E-state index in [0.717, 1.165) is 18.0 Å². The van der Waals surface area contributed by atoms with Crippen LogP contribution < -0.4 is 5.32 Å². The second kappa shape index (κ2) is 12.1. The number of nitrogens with zero attached hydrogens (tertiary/aromatic N) is 6. The maximum Gasteiger partial charge on any atom is 0.417 e. The molecule has 0 unspecified atom stereocenters. The molecule has 0 atom stereocenters. The second-order valence-corrected chi connectivity index (χ2v) is 6.25. The Balaban J connectivity index is 0.000000311. The Hall–Kier alpha value is -3.70. The number of nitrogens with one attached hydrogen (secondary N) is 1. The molecule has 0 bridgehead atoms. The summed E-state index contributed by atoms with van der Waals surface area (Å²) < 4.78 is 37.4. The van der Waals surface area contributed by atoms with Gasteiger partial charge < -0.3 is 10.2 Å². The number of amidine groups is 1. The molecule has 12 heteroatoms. The summed E-state index contributed by atoms with van der Waals surface area (Å²) in [6.45, 7) is 2.08. The molecule has 0 spiro atoms. The van der Waals surface area contributed by atoms with Crippen LogP contribution in [0.25, 0.3) is 0 Å². The maximum absolute atomic E-state index is 12.5. The predicted octanol–water partition coefficient (Wildman–Crippen LogP) is 3.42. The molecule has 0 fully saturated rings. The van der Waals surface area contributed by atoms with Crippen LogP contribution in [0, 0.1) is 22.8 Å². The van der Waals surface area contributed by atoms with E-state index in [1.807, 2.05) is 23.3 Å². The summed E-state index contributed by atoms with van der Waals surface area (Å²) >= 11 is 5.67. The van der Waals surface area contributed by atoms with Gasteiger partial charge >= 0.3 is 6.18 Å². The summed E-state index contributed by atoms with van der Waals surface area (Å²) in [6.07, 6.45) is 0.600. The summed E-state index contributed by atoms with van der Waals surface area (Å²) in [7, 11) is 1.87. The molecule has 2 aromatic rings. The predicted molar refractivity (Wildman–Crippen MR) is 107 cm³/mol. The molecule has 0 saturated carbocycles. The number of aromatic nitrogens is 2. The average molecular weight is 452 g/mol. The quantitative estimate of drug-likeness (QED) is 0.250. The minimum atomic E-state index is -4.62. The van der Waals surface area contributed by atoms with Crippen LogP contribution in [0.1, 0.15) is 28.4 Å². The van der Waals surface area contributed by atoms with E-state index in [4.69, 9.17) is 22.1 Å². The SMILES string of the molecule is CC(=NC#N)N(C)Cc1ccc(Cl)nc1.N#CCNC(=O)c1cnccc1C(F)(F)F. The lowest BCUT2D eigenvalue weighted by atomic mass is 10.1. The van der Waals surface area contributed by atoms with E-state index in [1.165, 1.54) is 0 Å². The van der Waals surface area contributed by atoms with Gasteiger partial charge in [-0.15, -0.1) is 0 Å². The molecule has 0 aromatic carbocycles. The zero-order valence-electron chi connectivity index (χ0n) is 16.5. The van der Waals surface area contributed by atoms with Gasteiger partial charge in [-0.2, -0.15) is 28.7 Å². The Bertz CT molecular complexity index is 995. The third-order valence-corrected chi connectivity index (χ3v) is 3.90. The number of pyridine rings is 2. The average Bonchev–Trinajstić information content (AvgIpc) is 2.73. The zero-order valence-corrected chi connectivity index (χ0v) is 17.2. The number of halogens is 4. The zero-order chi connectivity index (χ0) is 23.4. The van der Waals surface area contributed by atoms with Gasteiger partial charge in [-0.1, -0.05) is 17.7 Å². The number of hydrogen-bond donors (Lipinski definition) is 1. The first-order chi connectivity index (χ1) is 14.6. The number of amides is 1. The van der Waals surface area contributed by atoms with Crippen LogP contribution in [-0.2, 0) is 12.7 Å². The highest BCUT2D eigenvalue weighted by Gasteiger charge is 2.35. The van der Waals surface area contributed by atoms with E-state index in [0.29, 0.717) is 23.6 Å². The third kappa shape index (κ3) is 8.68. The van der Waals surface area contributed by atoms with Crippen LogP contribution in [0.5, 0.6) is 0 Å². The molecule has 31 heavy (non-hydrogen) atoms. The highest BCUT2D eigenvalue weighted by Crippen LogP contribution is 2.31. The van der Waals surface area contributed by atoms with Crippen LogP contribution in [0.3, 0.4) is 0 Å². The van der Waals surface area contributed by atoms with E-state index >= 15 is 0 Å². The van der Waals surface area contributed by atoms with Crippen molar-refractivity contribution in [2.45, 2.75) is 19.6 Å². The van der Waals surface area contributed by atoms with Crippen molar-refractivity contribution in [3.05, 3.63) is 58.6 Å². The molecule has 8 nitrogen and oxygen atoms in total. The molecule has 0 saturated heterocycles. The van der Waals surface area contributed by atoms with Gasteiger partial charge in [0.15, 0.2) is 0 Å². The number of rotatable bonds is 4. The first-order valence-corrected chi connectivity index (χ1v) is 8.89. The van der Waals surface area contributed by atoms with Gasteiger partial charge in [0.1, 0.15) is 17.5 Å². The molecule has 0 aliphatic carbocycles. The number of hydrogen-bond acceptors (Lipinski definition) is 6. The van der Waals surface area contributed by atoms with Gasteiger partial charge in [-0.3, -0.25) is 9.78 Å². The molecular formula is C19H17ClF3N7O. The number of alkyl halides is 3. The van der Waals surface area contributed by atoms with Gasteiger partial charge in [0.2, 0.25) is 6.19 Å². The van der Waals surface area contributed by atoms with Crippen LogP contribution >= 0.6 is 11.6 Å². The van der Waals surface area contributed by atoms with Crippen molar-refractivity contribution in [2.24, 2.45) is 4.99 Å². The highest BCUT2D eigenvalue weighted by atomic mass is 35.5. The van der Waals surface area contributed by atoms with Gasteiger partial charge in [-0.05, 0) is 24.6 Å². The summed E-state index contributed by atoms with van der Waals surface area (Å²) in [4.78, 5) is 24.2. The first-order valence-electron chi connectivity index (χ1n) is 8.51. The monoisotopic (exact) mass is 451 g/mol. The van der Waals surface area contributed by atoms with Crippen molar-refractivity contribution < 1.29 is 18.0 Å². The number of nitriles is 2. The largest absolute Gasteiger partial charge is 0.417 e. The Morgan fingerprint density at radius 3 is 2.55 bits per heavy atom. The Morgan fingerprint density at radius 1 is 1.29 bits per heavy atom. The third-order valence-electron chi connectivity index (χ3n) is 3.67. The van der Waals surface area contributed by atoms with Gasteiger partial charge in [0.25, 0.3) is 5.91 Å². The lowest BCUT2D eigenvalue weighted by Gasteiger charge is -2.17. The van der Waals surface area contributed by atoms with E-state index in [9.17, 15) is 18.0 Å². The minimum absolute atomic E-state index is 0.356. The topological polar surface area (TPSA) is 118 Å². The van der Waals surface area contributed by atoms with Crippen LogP contribution in [0.2, 0.25) is 5.15 Å². The molecule has 1 N–H and O–H groups in total. The van der Waals surface area contributed by atoms with Gasteiger partial charge in [0, 0.05) is 32.2 Å². The molecule has 1 amide bonds. The number of carbonyl (C=O) groups is 1. The fourth-order valence-electron chi connectivity index (χ4n) is 2.08. The van der Waals surface area contributed by atoms with Gasteiger partial charge in [-0.25, -0.2) is 4.98 Å². The Morgan fingerprint density at radius 2 is 2.00 bits per heavy atom. The molecule has 0 radical (unpaired) electrons. The molecule has 0 aliphatic rings. The van der Waals surface area contributed by atoms with Crippen LogP contribution in [0.4, 0.5) is 13.2 Å². The Labute approximate surface area is 181 Å². The smallest absolute Gasteiger partial charge is 0.358 e. The fourth-order valence-corrected chi connectivity index (χ4v) is 2.20. The van der Waals surface area contributed by atoms with E-state index in [-0.39, 0.29) is 6.54 Å². The molecule has 162 valence electrons. The molecule has 2 rings (SSSR count). The van der Waals surface area contributed by atoms with Crippen LogP contribution in [0.15, 0.2) is 41.8 Å². The van der Waals surface area contributed by atoms with Crippen molar-refractivity contribution in [3.63, 3.8) is 0 Å². The van der Waals surface area contributed by atoms with Gasteiger partial charge in [0.05, 0.1) is 17.2 Å². The minimum Gasteiger partial charge on any atom is -0.358 e. The number of aliphatic imine (C=N–C) groups is 1. The van der Waals surface area contributed by atoms with E-state index in [1.54, 1.807) is 31.4 Å². The molecule has 2 aromatic heterocycles.